The van der Waals surface area contributed by atoms with Crippen molar-refractivity contribution >= 4 is 10.0 Å². The first kappa shape index (κ1) is 13.7. The van der Waals surface area contributed by atoms with Gasteiger partial charge in [0.05, 0.1) is 11.4 Å². The van der Waals surface area contributed by atoms with Crippen molar-refractivity contribution < 1.29 is 8.42 Å². The van der Waals surface area contributed by atoms with E-state index in [-0.39, 0.29) is 18.0 Å². The molecule has 102 valence electrons. The average Bonchev–Trinajstić information content (AvgIpc) is 2.82. The van der Waals surface area contributed by atoms with Crippen molar-refractivity contribution in [3.63, 3.8) is 0 Å². The smallest absolute Gasteiger partial charge is 0.241 e. The quantitative estimate of drug-likeness (QED) is 0.787. The summed E-state index contributed by atoms with van der Waals surface area (Å²) in [4.78, 5) is 0.194. The Hall–Kier alpha value is -1.77. The average molecular weight is 281 g/mol. The summed E-state index contributed by atoms with van der Waals surface area (Å²) < 4.78 is 28.5. The lowest BCUT2D eigenvalue weighted by molar-refractivity contribution is 0.576. The van der Waals surface area contributed by atoms with Crippen molar-refractivity contribution in [3.8, 4) is 0 Å². The maximum atomic E-state index is 12.2. The number of nitrogens with zero attached hydrogens (tertiary/aromatic N) is 3. The van der Waals surface area contributed by atoms with Crippen LogP contribution >= 0.6 is 0 Å². The Bertz CT molecular complexity index is 665. The number of nitrogens with two attached hydrogens (primary N) is 1. The lowest BCUT2D eigenvalue weighted by Gasteiger charge is -2.09. The summed E-state index contributed by atoms with van der Waals surface area (Å²) in [5, 5.41) is 7.50. The summed E-state index contributed by atoms with van der Waals surface area (Å²) in [5.41, 5.74) is 6.12. The predicted molar refractivity (Wildman–Crippen MR) is 69.4 cm³/mol. The molecule has 0 aliphatic rings. The van der Waals surface area contributed by atoms with E-state index < -0.39 is 10.0 Å². The third-order valence-electron chi connectivity index (χ3n) is 2.71. The van der Waals surface area contributed by atoms with Gasteiger partial charge in [-0.25, -0.2) is 13.1 Å². The molecule has 2 aromatic rings. The third-order valence-corrected chi connectivity index (χ3v) is 4.21. The molecular formula is C11H15N5O2S. The molecule has 1 aromatic carbocycles. The number of hydrogen-bond donors (Lipinski definition) is 2. The zero-order valence-corrected chi connectivity index (χ0v) is 11.3. The Morgan fingerprint density at radius 3 is 2.74 bits per heavy atom. The first-order valence-electron chi connectivity index (χ1n) is 5.65. The minimum absolute atomic E-state index is 0.0811. The number of aromatic nitrogens is 3. The summed E-state index contributed by atoms with van der Waals surface area (Å²) in [7, 11) is -1.86. The van der Waals surface area contributed by atoms with Crippen molar-refractivity contribution in [2.45, 2.75) is 18.0 Å². The second kappa shape index (κ2) is 5.47. The largest absolute Gasteiger partial charge is 0.326 e. The fraction of sp³-hybridized carbons (Fsp3) is 0.273. The molecule has 0 atom stereocenters. The zero-order chi connectivity index (χ0) is 13.9. The van der Waals surface area contributed by atoms with Gasteiger partial charge in [-0.2, -0.15) is 0 Å². The molecule has 3 N–H and O–H groups in total. The van der Waals surface area contributed by atoms with E-state index in [1.165, 1.54) is 12.4 Å². The Kier molecular flexibility index (Phi) is 3.93. The third kappa shape index (κ3) is 2.98. The maximum absolute atomic E-state index is 12.2. The van der Waals surface area contributed by atoms with Crippen LogP contribution in [0.15, 0.2) is 35.5 Å². The summed E-state index contributed by atoms with van der Waals surface area (Å²) in [6.07, 6.45) is 1.51. The van der Waals surface area contributed by atoms with Gasteiger partial charge in [0.15, 0.2) is 0 Å². The standard InChI is InChI=1S/C11H15N5O2S/c1-16-8-13-15-11(16)7-14-19(17,18)10-5-3-2-4-9(10)6-12/h2-5,8,14H,6-7,12H2,1H3. The van der Waals surface area contributed by atoms with Gasteiger partial charge in [0, 0.05) is 13.6 Å². The molecule has 0 bridgehead atoms. The van der Waals surface area contributed by atoms with Gasteiger partial charge < -0.3 is 10.3 Å². The van der Waals surface area contributed by atoms with Gasteiger partial charge in [-0.15, -0.1) is 10.2 Å². The molecule has 7 nitrogen and oxygen atoms in total. The molecule has 8 heteroatoms. The minimum Gasteiger partial charge on any atom is -0.326 e. The zero-order valence-electron chi connectivity index (χ0n) is 10.4. The van der Waals surface area contributed by atoms with Gasteiger partial charge in [-0.3, -0.25) is 0 Å². The van der Waals surface area contributed by atoms with Gasteiger partial charge in [-0.1, -0.05) is 18.2 Å². The molecule has 0 saturated carbocycles. The number of benzene rings is 1. The van der Waals surface area contributed by atoms with Crippen LogP contribution in [0.5, 0.6) is 0 Å². The first-order valence-corrected chi connectivity index (χ1v) is 7.13. The summed E-state index contributed by atoms with van der Waals surface area (Å²) >= 11 is 0. The molecule has 0 amide bonds. The Morgan fingerprint density at radius 1 is 1.37 bits per heavy atom. The second-order valence-electron chi connectivity index (χ2n) is 3.99. The van der Waals surface area contributed by atoms with E-state index in [0.29, 0.717) is 11.4 Å². The van der Waals surface area contributed by atoms with Crippen LogP contribution in [0.4, 0.5) is 0 Å². The van der Waals surface area contributed by atoms with Crippen LogP contribution in [0.25, 0.3) is 0 Å². The van der Waals surface area contributed by atoms with Crippen molar-refractivity contribution in [1.82, 2.24) is 19.5 Å². The van der Waals surface area contributed by atoms with Crippen molar-refractivity contribution in [1.29, 1.82) is 0 Å². The summed E-state index contributed by atoms with van der Waals surface area (Å²) in [6.45, 7) is 0.249. The fourth-order valence-corrected chi connectivity index (χ4v) is 2.87. The molecule has 0 unspecified atom stereocenters. The van der Waals surface area contributed by atoms with Crippen LogP contribution < -0.4 is 10.5 Å². The normalized spacial score (nSPS) is 11.7. The molecule has 0 fully saturated rings. The van der Waals surface area contributed by atoms with Gasteiger partial charge in [0.1, 0.15) is 12.2 Å². The van der Waals surface area contributed by atoms with Gasteiger partial charge >= 0.3 is 0 Å². The lowest BCUT2D eigenvalue weighted by Crippen LogP contribution is -2.26. The van der Waals surface area contributed by atoms with Gasteiger partial charge in [0.25, 0.3) is 0 Å². The predicted octanol–water partition coefficient (Wildman–Crippen LogP) is -0.248. The van der Waals surface area contributed by atoms with Crippen LogP contribution in [-0.4, -0.2) is 23.2 Å². The highest BCUT2D eigenvalue weighted by molar-refractivity contribution is 7.89. The van der Waals surface area contributed by atoms with E-state index >= 15 is 0 Å². The van der Waals surface area contributed by atoms with E-state index in [0.717, 1.165) is 0 Å². The molecular weight excluding hydrogens is 266 g/mol. The highest BCUT2D eigenvalue weighted by atomic mass is 32.2. The van der Waals surface area contributed by atoms with E-state index in [1.807, 2.05) is 0 Å². The van der Waals surface area contributed by atoms with Crippen LogP contribution in [0.2, 0.25) is 0 Å². The molecule has 1 heterocycles. The van der Waals surface area contributed by atoms with Gasteiger partial charge in [-0.05, 0) is 11.6 Å². The molecule has 19 heavy (non-hydrogen) atoms. The van der Waals surface area contributed by atoms with E-state index in [4.69, 9.17) is 5.73 Å². The highest BCUT2D eigenvalue weighted by Crippen LogP contribution is 2.14. The monoisotopic (exact) mass is 281 g/mol. The van der Waals surface area contributed by atoms with Gasteiger partial charge in [0.2, 0.25) is 10.0 Å². The van der Waals surface area contributed by atoms with Crippen LogP contribution in [0.3, 0.4) is 0 Å². The molecule has 0 spiro atoms. The Balaban J connectivity index is 2.21. The summed E-state index contributed by atoms with van der Waals surface area (Å²) in [6, 6.07) is 6.64. The number of hydrogen-bond acceptors (Lipinski definition) is 5. The van der Waals surface area contributed by atoms with Crippen molar-refractivity contribution in [2.75, 3.05) is 0 Å². The Labute approximate surface area is 111 Å². The van der Waals surface area contributed by atoms with Crippen LogP contribution in [-0.2, 0) is 30.2 Å². The van der Waals surface area contributed by atoms with E-state index in [9.17, 15) is 8.42 Å². The molecule has 0 aliphatic carbocycles. The second-order valence-corrected chi connectivity index (χ2v) is 5.73. The highest BCUT2D eigenvalue weighted by Gasteiger charge is 2.17. The molecule has 0 aliphatic heterocycles. The van der Waals surface area contributed by atoms with E-state index in [1.54, 1.807) is 29.8 Å². The lowest BCUT2D eigenvalue weighted by atomic mass is 10.2. The first-order chi connectivity index (χ1) is 9.04. The van der Waals surface area contributed by atoms with Crippen LogP contribution in [0.1, 0.15) is 11.4 Å². The van der Waals surface area contributed by atoms with Crippen molar-refractivity contribution in [3.05, 3.63) is 42.0 Å². The number of sulfonamides is 1. The number of aryl methyl sites for hydroxylation is 1. The SMILES string of the molecule is Cn1cnnc1CNS(=O)(=O)c1ccccc1CN. The van der Waals surface area contributed by atoms with Crippen molar-refractivity contribution in [2.24, 2.45) is 12.8 Å². The van der Waals surface area contributed by atoms with E-state index in [2.05, 4.69) is 14.9 Å². The molecule has 2 rings (SSSR count). The molecule has 1 aromatic heterocycles. The summed E-state index contributed by atoms with van der Waals surface area (Å²) in [5.74, 6) is 0.536. The Morgan fingerprint density at radius 2 is 2.11 bits per heavy atom. The molecule has 0 radical (unpaired) electrons. The maximum Gasteiger partial charge on any atom is 0.241 e. The van der Waals surface area contributed by atoms with Crippen LogP contribution in [0, 0.1) is 0 Å². The fourth-order valence-electron chi connectivity index (χ4n) is 1.64. The molecule has 0 saturated heterocycles. The minimum atomic E-state index is -3.61. The number of rotatable bonds is 5. The number of nitrogens with one attached hydrogen (secondary N) is 1. The topological polar surface area (TPSA) is 103 Å².